The van der Waals surface area contributed by atoms with Gasteiger partial charge < -0.3 is 16.4 Å². The van der Waals surface area contributed by atoms with E-state index in [-0.39, 0.29) is 5.91 Å². The van der Waals surface area contributed by atoms with Crippen molar-refractivity contribution < 1.29 is 4.79 Å². The molecule has 0 atom stereocenters. The standard InChI is InChI=1S/C12H27N3O/c1-2-3-4-5-6-7-12(16)15-11-10-14-9-8-13/h14H,2-11,13H2,1H3,(H,15,16). The van der Waals surface area contributed by atoms with Crippen molar-refractivity contribution in [2.24, 2.45) is 5.73 Å². The second kappa shape index (κ2) is 12.5. The van der Waals surface area contributed by atoms with Gasteiger partial charge in [-0.15, -0.1) is 0 Å². The fourth-order valence-corrected chi connectivity index (χ4v) is 1.49. The van der Waals surface area contributed by atoms with Crippen molar-refractivity contribution in [3.05, 3.63) is 0 Å². The van der Waals surface area contributed by atoms with Crippen molar-refractivity contribution in [2.45, 2.75) is 45.4 Å². The summed E-state index contributed by atoms with van der Waals surface area (Å²) in [6, 6.07) is 0. The van der Waals surface area contributed by atoms with Gasteiger partial charge >= 0.3 is 0 Å². The van der Waals surface area contributed by atoms with E-state index in [9.17, 15) is 4.79 Å². The summed E-state index contributed by atoms with van der Waals surface area (Å²) in [4.78, 5) is 11.3. The summed E-state index contributed by atoms with van der Waals surface area (Å²) in [5.74, 6) is 0.172. The van der Waals surface area contributed by atoms with Gasteiger partial charge in [-0.3, -0.25) is 4.79 Å². The average Bonchev–Trinajstić information content (AvgIpc) is 2.28. The molecule has 0 heterocycles. The molecule has 1 amide bonds. The minimum absolute atomic E-state index is 0.172. The number of unbranched alkanes of at least 4 members (excludes halogenated alkanes) is 4. The molecule has 0 aliphatic carbocycles. The Morgan fingerprint density at radius 3 is 2.50 bits per heavy atom. The van der Waals surface area contributed by atoms with Crippen molar-refractivity contribution >= 4 is 5.91 Å². The van der Waals surface area contributed by atoms with Gasteiger partial charge in [0.05, 0.1) is 0 Å². The first-order valence-electron chi connectivity index (χ1n) is 6.48. The van der Waals surface area contributed by atoms with Crippen LogP contribution in [0.15, 0.2) is 0 Å². The van der Waals surface area contributed by atoms with Crippen LogP contribution in [0.3, 0.4) is 0 Å². The summed E-state index contributed by atoms with van der Waals surface area (Å²) in [7, 11) is 0. The lowest BCUT2D eigenvalue weighted by molar-refractivity contribution is -0.121. The predicted octanol–water partition coefficient (Wildman–Crippen LogP) is 1.01. The number of hydrogen-bond donors (Lipinski definition) is 3. The van der Waals surface area contributed by atoms with E-state index in [4.69, 9.17) is 5.73 Å². The van der Waals surface area contributed by atoms with Crippen molar-refractivity contribution in [1.82, 2.24) is 10.6 Å². The van der Waals surface area contributed by atoms with Gasteiger partial charge in [0.15, 0.2) is 0 Å². The van der Waals surface area contributed by atoms with E-state index in [1.165, 1.54) is 25.7 Å². The van der Waals surface area contributed by atoms with E-state index in [1.807, 2.05) is 0 Å². The Labute approximate surface area is 99.4 Å². The Balaban J connectivity index is 3.12. The molecule has 0 aromatic rings. The molecular formula is C12H27N3O. The zero-order chi connectivity index (χ0) is 12.1. The third kappa shape index (κ3) is 11.5. The molecule has 0 bridgehead atoms. The predicted molar refractivity (Wildman–Crippen MR) is 68.3 cm³/mol. The molecule has 4 N–H and O–H groups in total. The molecular weight excluding hydrogens is 202 g/mol. The number of nitrogens with two attached hydrogens (primary N) is 1. The second-order valence-corrected chi connectivity index (χ2v) is 4.05. The van der Waals surface area contributed by atoms with E-state index < -0.39 is 0 Å². The molecule has 0 aliphatic rings. The van der Waals surface area contributed by atoms with E-state index in [1.54, 1.807) is 0 Å². The number of carbonyl (C=O) groups is 1. The van der Waals surface area contributed by atoms with Crippen molar-refractivity contribution in [3.8, 4) is 0 Å². The highest BCUT2D eigenvalue weighted by molar-refractivity contribution is 5.75. The highest BCUT2D eigenvalue weighted by Gasteiger charge is 1.99. The molecule has 16 heavy (non-hydrogen) atoms. The molecule has 96 valence electrons. The van der Waals surface area contributed by atoms with E-state index >= 15 is 0 Å². The second-order valence-electron chi connectivity index (χ2n) is 4.05. The lowest BCUT2D eigenvalue weighted by Crippen LogP contribution is -2.33. The summed E-state index contributed by atoms with van der Waals surface area (Å²) in [6.07, 6.45) is 6.64. The van der Waals surface area contributed by atoms with E-state index in [0.29, 0.717) is 19.5 Å². The zero-order valence-electron chi connectivity index (χ0n) is 10.6. The molecule has 0 aliphatic heterocycles. The maximum atomic E-state index is 11.3. The molecule has 0 aromatic heterocycles. The number of rotatable bonds is 11. The Morgan fingerprint density at radius 1 is 1.06 bits per heavy atom. The number of amides is 1. The van der Waals surface area contributed by atoms with Crippen LogP contribution in [0.5, 0.6) is 0 Å². The molecule has 4 nitrogen and oxygen atoms in total. The maximum absolute atomic E-state index is 11.3. The van der Waals surface area contributed by atoms with Gasteiger partial charge in [0.1, 0.15) is 0 Å². The molecule has 0 saturated heterocycles. The van der Waals surface area contributed by atoms with Crippen molar-refractivity contribution in [2.75, 3.05) is 26.2 Å². The smallest absolute Gasteiger partial charge is 0.220 e. The molecule has 0 spiro atoms. The summed E-state index contributed by atoms with van der Waals surface area (Å²) < 4.78 is 0. The molecule has 0 fully saturated rings. The number of hydrogen-bond acceptors (Lipinski definition) is 3. The average molecular weight is 229 g/mol. The van der Waals surface area contributed by atoms with Gasteiger partial charge in [0.25, 0.3) is 0 Å². The van der Waals surface area contributed by atoms with Crippen LogP contribution in [0.1, 0.15) is 45.4 Å². The minimum Gasteiger partial charge on any atom is -0.355 e. The largest absolute Gasteiger partial charge is 0.355 e. The highest BCUT2D eigenvalue weighted by atomic mass is 16.1. The molecule has 0 radical (unpaired) electrons. The number of nitrogens with one attached hydrogen (secondary N) is 2. The molecule has 4 heteroatoms. The fraction of sp³-hybridized carbons (Fsp3) is 0.917. The summed E-state index contributed by atoms with van der Waals surface area (Å²) >= 11 is 0. The van der Waals surface area contributed by atoms with E-state index in [2.05, 4.69) is 17.6 Å². The van der Waals surface area contributed by atoms with Crippen LogP contribution < -0.4 is 16.4 Å². The Morgan fingerprint density at radius 2 is 1.81 bits per heavy atom. The molecule has 0 unspecified atom stereocenters. The zero-order valence-corrected chi connectivity index (χ0v) is 10.6. The SMILES string of the molecule is CCCCCCCC(=O)NCCNCCN. The van der Waals surface area contributed by atoms with Crippen LogP contribution in [0.2, 0.25) is 0 Å². The topological polar surface area (TPSA) is 67.2 Å². The minimum atomic E-state index is 0.172. The van der Waals surface area contributed by atoms with Crippen LogP contribution >= 0.6 is 0 Å². The Bertz CT molecular complexity index is 146. The first-order valence-corrected chi connectivity index (χ1v) is 6.48. The summed E-state index contributed by atoms with van der Waals surface area (Å²) in [6.45, 7) is 5.16. The third-order valence-electron chi connectivity index (χ3n) is 2.45. The Kier molecular flexibility index (Phi) is 12.0. The summed E-state index contributed by atoms with van der Waals surface area (Å²) in [5.41, 5.74) is 5.33. The van der Waals surface area contributed by atoms with Gasteiger partial charge in [-0.2, -0.15) is 0 Å². The van der Waals surface area contributed by atoms with Gasteiger partial charge in [0, 0.05) is 32.6 Å². The van der Waals surface area contributed by atoms with Crippen molar-refractivity contribution in [3.63, 3.8) is 0 Å². The lowest BCUT2D eigenvalue weighted by atomic mass is 10.1. The van der Waals surface area contributed by atoms with Gasteiger partial charge in [-0.05, 0) is 6.42 Å². The van der Waals surface area contributed by atoms with Crippen LogP contribution in [-0.2, 0) is 4.79 Å². The van der Waals surface area contributed by atoms with Gasteiger partial charge in [-0.25, -0.2) is 0 Å². The molecule has 0 rings (SSSR count). The monoisotopic (exact) mass is 229 g/mol. The van der Waals surface area contributed by atoms with Crippen molar-refractivity contribution in [1.29, 1.82) is 0 Å². The quantitative estimate of drug-likeness (QED) is 0.463. The maximum Gasteiger partial charge on any atom is 0.220 e. The third-order valence-corrected chi connectivity index (χ3v) is 2.45. The molecule has 0 saturated carbocycles. The fourth-order valence-electron chi connectivity index (χ4n) is 1.49. The van der Waals surface area contributed by atoms with Gasteiger partial charge in [-0.1, -0.05) is 32.6 Å². The first kappa shape index (κ1) is 15.4. The van der Waals surface area contributed by atoms with Crippen LogP contribution in [0.4, 0.5) is 0 Å². The normalized spacial score (nSPS) is 10.4. The molecule has 0 aromatic carbocycles. The van der Waals surface area contributed by atoms with Gasteiger partial charge in [0.2, 0.25) is 5.91 Å². The summed E-state index contributed by atoms with van der Waals surface area (Å²) in [5, 5.41) is 6.02. The lowest BCUT2D eigenvalue weighted by Gasteiger charge is -2.05. The highest BCUT2D eigenvalue weighted by Crippen LogP contribution is 2.04. The number of carbonyl (C=O) groups excluding carboxylic acids is 1. The van der Waals surface area contributed by atoms with Crippen LogP contribution in [-0.4, -0.2) is 32.1 Å². The first-order chi connectivity index (χ1) is 7.81. The Hall–Kier alpha value is -0.610. The van der Waals surface area contributed by atoms with Crippen LogP contribution in [0, 0.1) is 0 Å². The van der Waals surface area contributed by atoms with Crippen LogP contribution in [0.25, 0.3) is 0 Å². The van der Waals surface area contributed by atoms with E-state index in [0.717, 1.165) is 19.5 Å².